The first-order chi connectivity index (χ1) is 9.32. The van der Waals surface area contributed by atoms with Crippen LogP contribution in [0.25, 0.3) is 0 Å². The maximum absolute atomic E-state index is 5.52. The topological polar surface area (TPSA) is 21.3 Å². The molecular weight excluding hydrogens is 234 g/mol. The molecule has 0 saturated carbocycles. The minimum absolute atomic E-state index is 0.320. The van der Waals surface area contributed by atoms with Crippen molar-refractivity contribution in [1.29, 1.82) is 0 Å². The Hall–Kier alpha value is -0.860. The van der Waals surface area contributed by atoms with Gasteiger partial charge in [0.15, 0.2) is 0 Å². The summed E-state index contributed by atoms with van der Waals surface area (Å²) in [6, 6.07) is 9.01. The van der Waals surface area contributed by atoms with Gasteiger partial charge in [-0.2, -0.15) is 0 Å². The van der Waals surface area contributed by atoms with E-state index < -0.39 is 0 Å². The van der Waals surface area contributed by atoms with Gasteiger partial charge in [0.2, 0.25) is 0 Å². The van der Waals surface area contributed by atoms with Gasteiger partial charge in [-0.15, -0.1) is 0 Å². The highest BCUT2D eigenvalue weighted by atomic mass is 16.5. The van der Waals surface area contributed by atoms with Gasteiger partial charge in [0.1, 0.15) is 0 Å². The average molecular weight is 261 g/mol. The van der Waals surface area contributed by atoms with E-state index in [0.29, 0.717) is 5.41 Å². The Kier molecular flexibility index (Phi) is 5.41. The Morgan fingerprint density at radius 2 is 2.16 bits per heavy atom. The summed E-state index contributed by atoms with van der Waals surface area (Å²) in [7, 11) is 2.07. The molecular formula is C17H27NO. The van der Waals surface area contributed by atoms with E-state index in [0.717, 1.165) is 26.2 Å². The zero-order valence-electron chi connectivity index (χ0n) is 12.4. The SMILES string of the molecule is CCOCCCC1(CNC)CCCc2ccccc21. The molecule has 1 aromatic rings. The molecule has 1 aliphatic rings. The summed E-state index contributed by atoms with van der Waals surface area (Å²) in [5.41, 5.74) is 3.45. The first-order valence-corrected chi connectivity index (χ1v) is 7.63. The summed E-state index contributed by atoms with van der Waals surface area (Å²) in [6.45, 7) is 4.87. The minimum Gasteiger partial charge on any atom is -0.382 e. The summed E-state index contributed by atoms with van der Waals surface area (Å²) in [5, 5.41) is 3.42. The van der Waals surface area contributed by atoms with Crippen molar-refractivity contribution in [2.75, 3.05) is 26.8 Å². The van der Waals surface area contributed by atoms with Gasteiger partial charge in [-0.05, 0) is 57.2 Å². The van der Waals surface area contributed by atoms with E-state index in [9.17, 15) is 0 Å². The first-order valence-electron chi connectivity index (χ1n) is 7.63. The third-order valence-electron chi connectivity index (χ3n) is 4.35. The van der Waals surface area contributed by atoms with Crippen molar-refractivity contribution in [3.05, 3.63) is 35.4 Å². The highest BCUT2D eigenvalue weighted by Gasteiger charge is 2.35. The van der Waals surface area contributed by atoms with Gasteiger partial charge in [-0.1, -0.05) is 24.3 Å². The second-order valence-electron chi connectivity index (χ2n) is 5.62. The van der Waals surface area contributed by atoms with Gasteiger partial charge >= 0.3 is 0 Å². The van der Waals surface area contributed by atoms with E-state index >= 15 is 0 Å². The smallest absolute Gasteiger partial charge is 0.0466 e. The summed E-state index contributed by atoms with van der Waals surface area (Å²) in [5.74, 6) is 0. The Morgan fingerprint density at radius 3 is 2.95 bits per heavy atom. The zero-order chi connectivity index (χ0) is 13.6. The highest BCUT2D eigenvalue weighted by Crippen LogP contribution is 2.40. The fourth-order valence-electron chi connectivity index (χ4n) is 3.53. The number of aryl methyl sites for hydroxylation is 1. The van der Waals surface area contributed by atoms with Crippen LogP contribution < -0.4 is 5.32 Å². The molecule has 0 bridgehead atoms. The second kappa shape index (κ2) is 7.06. The number of likely N-dealkylation sites (N-methyl/N-ethyl adjacent to an activating group) is 1. The maximum atomic E-state index is 5.52. The van der Waals surface area contributed by atoms with Crippen LogP contribution in [0, 0.1) is 0 Å². The first kappa shape index (κ1) is 14.5. The van der Waals surface area contributed by atoms with Gasteiger partial charge in [0.05, 0.1) is 0 Å². The van der Waals surface area contributed by atoms with Gasteiger partial charge < -0.3 is 10.1 Å². The maximum Gasteiger partial charge on any atom is 0.0466 e. The fraction of sp³-hybridized carbons (Fsp3) is 0.647. The van der Waals surface area contributed by atoms with Crippen molar-refractivity contribution >= 4 is 0 Å². The summed E-state index contributed by atoms with van der Waals surface area (Å²) in [4.78, 5) is 0. The lowest BCUT2D eigenvalue weighted by Gasteiger charge is -2.39. The van der Waals surface area contributed by atoms with Crippen LogP contribution in [0.15, 0.2) is 24.3 Å². The molecule has 1 aliphatic carbocycles. The van der Waals surface area contributed by atoms with Crippen LogP contribution in [0.5, 0.6) is 0 Å². The van der Waals surface area contributed by atoms with Gasteiger partial charge in [0.25, 0.3) is 0 Å². The normalized spacial score (nSPS) is 22.2. The molecule has 1 aromatic carbocycles. The standard InChI is InChI=1S/C17H27NO/c1-3-19-13-7-12-17(14-18-2)11-6-9-15-8-4-5-10-16(15)17/h4-5,8,10,18H,3,6-7,9,11-14H2,1-2H3. The monoisotopic (exact) mass is 261 g/mol. The van der Waals surface area contributed by atoms with E-state index in [1.807, 2.05) is 0 Å². The molecule has 0 aromatic heterocycles. The molecule has 0 amide bonds. The van der Waals surface area contributed by atoms with E-state index in [2.05, 4.69) is 43.6 Å². The number of rotatable bonds is 7. The molecule has 19 heavy (non-hydrogen) atoms. The Morgan fingerprint density at radius 1 is 1.32 bits per heavy atom. The molecule has 0 radical (unpaired) electrons. The van der Waals surface area contributed by atoms with E-state index in [1.165, 1.54) is 25.7 Å². The lowest BCUT2D eigenvalue weighted by molar-refractivity contribution is 0.134. The van der Waals surface area contributed by atoms with Gasteiger partial charge in [-0.25, -0.2) is 0 Å². The van der Waals surface area contributed by atoms with Crippen molar-refractivity contribution in [3.63, 3.8) is 0 Å². The number of benzene rings is 1. The molecule has 0 saturated heterocycles. The number of ether oxygens (including phenoxy) is 1. The predicted octanol–water partition coefficient (Wildman–Crippen LogP) is 3.30. The Labute approximate surface area is 117 Å². The molecule has 0 heterocycles. The molecule has 0 aliphatic heterocycles. The van der Waals surface area contributed by atoms with Crippen LogP contribution in [0.4, 0.5) is 0 Å². The molecule has 1 unspecified atom stereocenters. The Bertz CT molecular complexity index is 391. The number of nitrogens with one attached hydrogen (secondary N) is 1. The van der Waals surface area contributed by atoms with Gasteiger partial charge in [-0.3, -0.25) is 0 Å². The summed E-state index contributed by atoms with van der Waals surface area (Å²) >= 11 is 0. The van der Waals surface area contributed by atoms with Crippen LogP contribution in [0.2, 0.25) is 0 Å². The molecule has 1 N–H and O–H groups in total. The molecule has 0 fully saturated rings. The third kappa shape index (κ3) is 3.37. The van der Waals surface area contributed by atoms with Crippen LogP contribution in [-0.4, -0.2) is 26.8 Å². The van der Waals surface area contributed by atoms with Crippen LogP contribution in [0.1, 0.15) is 43.7 Å². The lowest BCUT2D eigenvalue weighted by atomic mass is 9.67. The van der Waals surface area contributed by atoms with Crippen molar-refractivity contribution in [1.82, 2.24) is 5.32 Å². The van der Waals surface area contributed by atoms with E-state index in [4.69, 9.17) is 4.74 Å². The highest BCUT2D eigenvalue weighted by molar-refractivity contribution is 5.37. The lowest BCUT2D eigenvalue weighted by Crippen LogP contribution is -2.40. The van der Waals surface area contributed by atoms with E-state index in [1.54, 1.807) is 11.1 Å². The number of hydrogen-bond donors (Lipinski definition) is 1. The van der Waals surface area contributed by atoms with Crippen molar-refractivity contribution in [2.24, 2.45) is 0 Å². The number of hydrogen-bond acceptors (Lipinski definition) is 2. The van der Waals surface area contributed by atoms with Crippen LogP contribution >= 0.6 is 0 Å². The molecule has 2 rings (SSSR count). The van der Waals surface area contributed by atoms with Crippen molar-refractivity contribution < 1.29 is 4.74 Å². The molecule has 2 nitrogen and oxygen atoms in total. The predicted molar refractivity (Wildman–Crippen MR) is 80.7 cm³/mol. The second-order valence-corrected chi connectivity index (χ2v) is 5.62. The minimum atomic E-state index is 0.320. The van der Waals surface area contributed by atoms with Crippen LogP contribution in [-0.2, 0) is 16.6 Å². The zero-order valence-corrected chi connectivity index (χ0v) is 12.4. The number of fused-ring (bicyclic) bond motifs is 1. The molecule has 0 spiro atoms. The molecule has 106 valence electrons. The third-order valence-corrected chi connectivity index (χ3v) is 4.35. The summed E-state index contributed by atoms with van der Waals surface area (Å²) < 4.78 is 5.52. The van der Waals surface area contributed by atoms with E-state index in [-0.39, 0.29) is 0 Å². The average Bonchev–Trinajstić information content (AvgIpc) is 2.45. The van der Waals surface area contributed by atoms with Crippen molar-refractivity contribution in [3.8, 4) is 0 Å². The molecule has 2 heteroatoms. The molecule has 1 atom stereocenters. The van der Waals surface area contributed by atoms with Gasteiger partial charge in [0, 0.05) is 25.2 Å². The quantitative estimate of drug-likeness (QED) is 0.760. The fourth-order valence-corrected chi connectivity index (χ4v) is 3.53. The van der Waals surface area contributed by atoms with Crippen molar-refractivity contribution in [2.45, 2.75) is 44.4 Å². The summed E-state index contributed by atoms with van der Waals surface area (Å²) in [6.07, 6.45) is 6.24. The largest absolute Gasteiger partial charge is 0.382 e. The van der Waals surface area contributed by atoms with Crippen LogP contribution in [0.3, 0.4) is 0 Å². The Balaban J connectivity index is 2.15.